The van der Waals surface area contributed by atoms with Gasteiger partial charge in [-0.15, -0.1) is 0 Å². The Balaban J connectivity index is 1.93. The minimum atomic E-state index is -0.780. The van der Waals surface area contributed by atoms with Crippen molar-refractivity contribution in [3.05, 3.63) is 59.4 Å². The standard InChI is InChI=1S/C16H15FN2O3/c1-10-4-2-3-5-14(10)19-15(20)9-22-16(21)12-7-6-11(17)8-13(12)18/h2-8H,9,18H2,1H3,(H,19,20). The summed E-state index contributed by atoms with van der Waals surface area (Å²) in [5.41, 5.74) is 7.05. The topological polar surface area (TPSA) is 81.4 Å². The van der Waals surface area contributed by atoms with E-state index in [4.69, 9.17) is 10.5 Å². The Kier molecular flexibility index (Phi) is 4.73. The van der Waals surface area contributed by atoms with E-state index in [-0.39, 0.29) is 11.3 Å². The van der Waals surface area contributed by atoms with Gasteiger partial charge in [0.05, 0.1) is 5.56 Å². The van der Waals surface area contributed by atoms with Crippen molar-refractivity contribution >= 4 is 23.3 Å². The average Bonchev–Trinajstić information content (AvgIpc) is 2.47. The fourth-order valence-electron chi connectivity index (χ4n) is 1.83. The van der Waals surface area contributed by atoms with Gasteiger partial charge in [0.15, 0.2) is 6.61 Å². The fraction of sp³-hybridized carbons (Fsp3) is 0.125. The van der Waals surface area contributed by atoms with E-state index in [1.54, 1.807) is 12.1 Å². The first-order valence-corrected chi connectivity index (χ1v) is 6.55. The number of carbonyl (C=O) groups is 2. The number of hydrogen-bond donors (Lipinski definition) is 2. The molecular weight excluding hydrogens is 287 g/mol. The zero-order valence-electron chi connectivity index (χ0n) is 11.9. The Morgan fingerprint density at radius 1 is 1.23 bits per heavy atom. The third-order valence-corrected chi connectivity index (χ3v) is 2.99. The number of para-hydroxylation sites is 1. The van der Waals surface area contributed by atoms with Crippen LogP contribution in [0.25, 0.3) is 0 Å². The molecule has 0 aliphatic rings. The minimum absolute atomic E-state index is 0.0186. The van der Waals surface area contributed by atoms with E-state index in [0.29, 0.717) is 5.69 Å². The molecule has 3 N–H and O–H groups in total. The van der Waals surface area contributed by atoms with E-state index in [1.165, 1.54) is 6.07 Å². The average molecular weight is 302 g/mol. The predicted molar refractivity (Wildman–Crippen MR) is 80.9 cm³/mol. The van der Waals surface area contributed by atoms with Crippen molar-refractivity contribution in [1.82, 2.24) is 0 Å². The third kappa shape index (κ3) is 3.82. The van der Waals surface area contributed by atoms with Crippen molar-refractivity contribution in [2.75, 3.05) is 17.7 Å². The zero-order valence-corrected chi connectivity index (χ0v) is 11.9. The molecule has 0 bridgehead atoms. The number of nitrogens with two attached hydrogens (primary N) is 1. The number of halogens is 1. The van der Waals surface area contributed by atoms with Gasteiger partial charge >= 0.3 is 5.97 Å². The number of amides is 1. The van der Waals surface area contributed by atoms with Gasteiger partial charge in [-0.1, -0.05) is 18.2 Å². The van der Waals surface area contributed by atoms with Gasteiger partial charge in [0.25, 0.3) is 5.91 Å². The molecule has 0 spiro atoms. The van der Waals surface area contributed by atoms with Crippen LogP contribution in [-0.2, 0) is 9.53 Å². The summed E-state index contributed by atoms with van der Waals surface area (Å²) in [7, 11) is 0. The summed E-state index contributed by atoms with van der Waals surface area (Å²) in [5.74, 6) is -1.80. The van der Waals surface area contributed by atoms with Crippen molar-refractivity contribution < 1.29 is 18.7 Å². The molecule has 0 fully saturated rings. The summed E-state index contributed by atoms with van der Waals surface area (Å²) in [6, 6.07) is 10.6. The second-order valence-electron chi connectivity index (χ2n) is 4.67. The number of nitrogen functional groups attached to an aromatic ring is 1. The van der Waals surface area contributed by atoms with Gasteiger partial charge in [-0.05, 0) is 36.8 Å². The van der Waals surface area contributed by atoms with Crippen LogP contribution in [-0.4, -0.2) is 18.5 Å². The summed E-state index contributed by atoms with van der Waals surface area (Å²) in [6.07, 6.45) is 0. The molecule has 0 heterocycles. The van der Waals surface area contributed by atoms with Crippen LogP contribution < -0.4 is 11.1 Å². The molecule has 2 aromatic rings. The number of carbonyl (C=O) groups excluding carboxylic acids is 2. The summed E-state index contributed by atoms with van der Waals surface area (Å²) < 4.78 is 17.8. The van der Waals surface area contributed by atoms with E-state index < -0.39 is 24.3 Å². The fourth-order valence-corrected chi connectivity index (χ4v) is 1.83. The molecule has 0 aliphatic heterocycles. The Morgan fingerprint density at radius 3 is 2.64 bits per heavy atom. The highest BCUT2D eigenvalue weighted by Crippen LogP contribution is 2.15. The smallest absolute Gasteiger partial charge is 0.340 e. The van der Waals surface area contributed by atoms with Gasteiger partial charge < -0.3 is 15.8 Å². The third-order valence-electron chi connectivity index (χ3n) is 2.99. The second-order valence-corrected chi connectivity index (χ2v) is 4.67. The number of ether oxygens (including phenoxy) is 1. The number of nitrogens with one attached hydrogen (secondary N) is 1. The van der Waals surface area contributed by atoms with Gasteiger partial charge in [0.2, 0.25) is 0 Å². The highest BCUT2D eigenvalue weighted by molar-refractivity contribution is 5.98. The molecule has 114 valence electrons. The second kappa shape index (κ2) is 6.71. The molecule has 0 aromatic heterocycles. The number of benzene rings is 2. The van der Waals surface area contributed by atoms with Crippen molar-refractivity contribution in [3.8, 4) is 0 Å². The van der Waals surface area contributed by atoms with Gasteiger partial charge in [-0.2, -0.15) is 0 Å². The largest absolute Gasteiger partial charge is 0.452 e. The Labute approximate surface area is 126 Å². The lowest BCUT2D eigenvalue weighted by molar-refractivity contribution is -0.119. The molecule has 0 aliphatic carbocycles. The van der Waals surface area contributed by atoms with E-state index in [2.05, 4.69) is 5.32 Å². The SMILES string of the molecule is Cc1ccccc1NC(=O)COC(=O)c1ccc(F)cc1N. The minimum Gasteiger partial charge on any atom is -0.452 e. The lowest BCUT2D eigenvalue weighted by Gasteiger charge is -2.09. The van der Waals surface area contributed by atoms with Crippen LogP contribution in [0.2, 0.25) is 0 Å². The molecule has 0 saturated carbocycles. The van der Waals surface area contributed by atoms with Crippen LogP contribution in [0.3, 0.4) is 0 Å². The van der Waals surface area contributed by atoms with E-state index in [0.717, 1.165) is 17.7 Å². The summed E-state index contributed by atoms with van der Waals surface area (Å²) in [4.78, 5) is 23.6. The van der Waals surface area contributed by atoms with Crippen LogP contribution in [0, 0.1) is 12.7 Å². The van der Waals surface area contributed by atoms with Gasteiger partial charge in [-0.25, -0.2) is 9.18 Å². The van der Waals surface area contributed by atoms with Crippen LogP contribution in [0.15, 0.2) is 42.5 Å². The van der Waals surface area contributed by atoms with Crippen LogP contribution in [0.1, 0.15) is 15.9 Å². The van der Waals surface area contributed by atoms with Crippen LogP contribution >= 0.6 is 0 Å². The van der Waals surface area contributed by atoms with E-state index in [1.807, 2.05) is 19.1 Å². The molecule has 0 saturated heterocycles. The lowest BCUT2D eigenvalue weighted by Crippen LogP contribution is -2.21. The first-order valence-electron chi connectivity index (χ1n) is 6.55. The highest BCUT2D eigenvalue weighted by Gasteiger charge is 2.14. The predicted octanol–water partition coefficient (Wildman–Crippen LogP) is 2.51. The normalized spacial score (nSPS) is 10.1. The number of esters is 1. The van der Waals surface area contributed by atoms with Crippen molar-refractivity contribution in [2.45, 2.75) is 6.92 Å². The van der Waals surface area contributed by atoms with Gasteiger partial charge in [-0.3, -0.25) is 4.79 Å². The maximum absolute atomic E-state index is 12.9. The number of hydrogen-bond acceptors (Lipinski definition) is 4. The molecule has 22 heavy (non-hydrogen) atoms. The molecule has 2 rings (SSSR count). The summed E-state index contributed by atoms with van der Waals surface area (Å²) in [5, 5.41) is 2.63. The Morgan fingerprint density at radius 2 is 1.95 bits per heavy atom. The first-order chi connectivity index (χ1) is 10.5. The monoisotopic (exact) mass is 302 g/mol. The molecule has 0 atom stereocenters. The van der Waals surface area contributed by atoms with Crippen molar-refractivity contribution in [1.29, 1.82) is 0 Å². The van der Waals surface area contributed by atoms with Gasteiger partial charge in [0, 0.05) is 11.4 Å². The Hall–Kier alpha value is -2.89. The van der Waals surface area contributed by atoms with Crippen molar-refractivity contribution in [3.63, 3.8) is 0 Å². The number of rotatable bonds is 4. The molecule has 0 radical (unpaired) electrons. The molecule has 0 unspecified atom stereocenters. The quantitative estimate of drug-likeness (QED) is 0.671. The summed E-state index contributed by atoms with van der Waals surface area (Å²) in [6.45, 7) is 1.39. The van der Waals surface area contributed by atoms with E-state index >= 15 is 0 Å². The molecule has 1 amide bonds. The van der Waals surface area contributed by atoms with Crippen molar-refractivity contribution in [2.24, 2.45) is 0 Å². The van der Waals surface area contributed by atoms with E-state index in [9.17, 15) is 14.0 Å². The van der Waals surface area contributed by atoms with Gasteiger partial charge in [0.1, 0.15) is 5.82 Å². The zero-order chi connectivity index (χ0) is 16.1. The number of aryl methyl sites for hydroxylation is 1. The molecule has 2 aromatic carbocycles. The Bertz CT molecular complexity index is 716. The number of anilines is 2. The molecule has 6 heteroatoms. The maximum atomic E-state index is 12.9. The summed E-state index contributed by atoms with van der Waals surface area (Å²) >= 11 is 0. The maximum Gasteiger partial charge on any atom is 0.340 e. The molecular formula is C16H15FN2O3. The molecule has 5 nitrogen and oxygen atoms in total. The first kappa shape index (κ1) is 15.5. The highest BCUT2D eigenvalue weighted by atomic mass is 19.1. The van der Waals surface area contributed by atoms with Crippen LogP contribution in [0.5, 0.6) is 0 Å². The lowest BCUT2D eigenvalue weighted by atomic mass is 10.2. The van der Waals surface area contributed by atoms with Crippen LogP contribution in [0.4, 0.5) is 15.8 Å².